The first kappa shape index (κ1) is 22.6. The molecule has 9 heteroatoms. The molecule has 2 aliphatic heterocycles. The Labute approximate surface area is 174 Å². The highest BCUT2D eigenvalue weighted by atomic mass is 19.4. The Bertz CT molecular complexity index is 774. The van der Waals surface area contributed by atoms with E-state index in [9.17, 15) is 18.3 Å². The monoisotopic (exact) mass is 426 g/mol. The van der Waals surface area contributed by atoms with Gasteiger partial charge in [-0.25, -0.2) is 0 Å². The molecule has 0 aliphatic carbocycles. The molecule has 0 bridgehead atoms. The fraction of sp³-hybridized carbons (Fsp3) is 0.524. The van der Waals surface area contributed by atoms with Crippen LogP contribution in [0.25, 0.3) is 0 Å². The first-order valence-corrected chi connectivity index (χ1v) is 10.1. The van der Waals surface area contributed by atoms with Crippen LogP contribution in [0.4, 0.5) is 24.5 Å². The molecule has 1 aromatic carbocycles. The van der Waals surface area contributed by atoms with Crippen molar-refractivity contribution in [2.75, 3.05) is 62.6 Å². The average Bonchev–Trinajstić information content (AvgIpc) is 2.69. The standard InChI is InChI=1S/C21H29F3N4O2/c1-16-14-18(25-6-7-26-8-10-27(11-9-26)12-13-29)3-4-19(16)28-15-17(21(22,23)24)2-5-20(28)30/h2-5,14-15,20,25,29-30H,6-13H2,1H3. The number of aliphatic hydroxyl groups is 2. The van der Waals surface area contributed by atoms with Gasteiger partial charge in [0.15, 0.2) is 0 Å². The molecule has 0 aromatic heterocycles. The van der Waals surface area contributed by atoms with Crippen LogP contribution < -0.4 is 10.2 Å². The number of β-amino-alcohol motifs (C(OH)–C–C–N with tert-alkyl or cyclic N) is 1. The lowest BCUT2D eigenvalue weighted by Crippen LogP contribution is -2.48. The van der Waals surface area contributed by atoms with Gasteiger partial charge in [-0.15, -0.1) is 0 Å². The summed E-state index contributed by atoms with van der Waals surface area (Å²) in [7, 11) is 0. The first-order valence-electron chi connectivity index (χ1n) is 10.1. The molecule has 0 amide bonds. The lowest BCUT2D eigenvalue weighted by Gasteiger charge is -2.34. The van der Waals surface area contributed by atoms with Crippen LogP contribution in [0.3, 0.4) is 0 Å². The number of halogens is 3. The molecule has 2 aliphatic rings. The number of aliphatic hydroxyl groups excluding tert-OH is 2. The molecule has 1 saturated heterocycles. The van der Waals surface area contributed by atoms with Gasteiger partial charge in [0.2, 0.25) is 0 Å². The van der Waals surface area contributed by atoms with Crippen LogP contribution in [0.15, 0.2) is 42.1 Å². The third-order valence-electron chi connectivity index (χ3n) is 5.45. The quantitative estimate of drug-likeness (QED) is 0.621. The second-order valence-electron chi connectivity index (χ2n) is 7.60. The lowest BCUT2D eigenvalue weighted by atomic mass is 10.1. The molecule has 2 heterocycles. The topological polar surface area (TPSA) is 62.2 Å². The zero-order chi connectivity index (χ0) is 21.7. The number of nitrogens with one attached hydrogen (secondary N) is 1. The summed E-state index contributed by atoms with van der Waals surface area (Å²) in [5.74, 6) is 0. The molecule has 0 saturated carbocycles. The molecular formula is C21H29F3N4O2. The van der Waals surface area contributed by atoms with Crippen LogP contribution in [-0.2, 0) is 0 Å². The summed E-state index contributed by atoms with van der Waals surface area (Å²) in [6.07, 6.45) is -2.63. The second-order valence-corrected chi connectivity index (χ2v) is 7.60. The Morgan fingerprint density at radius 3 is 2.37 bits per heavy atom. The van der Waals surface area contributed by atoms with E-state index in [0.717, 1.165) is 75.4 Å². The van der Waals surface area contributed by atoms with E-state index >= 15 is 0 Å². The second kappa shape index (κ2) is 9.82. The maximum Gasteiger partial charge on any atom is 0.417 e. The lowest BCUT2D eigenvalue weighted by molar-refractivity contribution is -0.0888. The number of anilines is 2. The molecule has 6 nitrogen and oxygen atoms in total. The molecule has 1 aromatic rings. The van der Waals surface area contributed by atoms with E-state index in [2.05, 4.69) is 15.1 Å². The summed E-state index contributed by atoms with van der Waals surface area (Å²) in [6, 6.07) is 5.41. The first-order chi connectivity index (χ1) is 14.3. The molecule has 1 fully saturated rings. The van der Waals surface area contributed by atoms with Crippen molar-refractivity contribution in [3.05, 3.63) is 47.7 Å². The highest BCUT2D eigenvalue weighted by Gasteiger charge is 2.35. The largest absolute Gasteiger partial charge is 0.417 e. The zero-order valence-electron chi connectivity index (χ0n) is 17.1. The number of nitrogens with zero attached hydrogens (tertiary/aromatic N) is 3. The van der Waals surface area contributed by atoms with Gasteiger partial charge in [-0.3, -0.25) is 9.80 Å². The number of benzene rings is 1. The molecule has 3 rings (SSSR count). The van der Waals surface area contributed by atoms with Crippen molar-refractivity contribution in [3.63, 3.8) is 0 Å². The Kier molecular flexibility index (Phi) is 7.41. The summed E-state index contributed by atoms with van der Waals surface area (Å²) in [5.41, 5.74) is 1.38. The highest BCUT2D eigenvalue weighted by Crippen LogP contribution is 2.33. The maximum atomic E-state index is 13.0. The van der Waals surface area contributed by atoms with Crippen molar-refractivity contribution in [1.82, 2.24) is 9.80 Å². The van der Waals surface area contributed by atoms with E-state index in [4.69, 9.17) is 5.11 Å². The Morgan fingerprint density at radius 1 is 1.10 bits per heavy atom. The van der Waals surface area contributed by atoms with Crippen LogP contribution in [0.2, 0.25) is 0 Å². The summed E-state index contributed by atoms with van der Waals surface area (Å²) in [4.78, 5) is 5.84. The number of alkyl halides is 3. The Morgan fingerprint density at radius 2 is 1.77 bits per heavy atom. The highest BCUT2D eigenvalue weighted by molar-refractivity contribution is 5.64. The maximum absolute atomic E-state index is 13.0. The minimum atomic E-state index is -4.46. The fourth-order valence-electron chi connectivity index (χ4n) is 3.72. The van der Waals surface area contributed by atoms with Crippen LogP contribution in [-0.4, -0.2) is 84.8 Å². The Hall–Kier alpha value is -2.07. The number of piperazine rings is 1. The predicted octanol–water partition coefficient (Wildman–Crippen LogP) is 2.16. The van der Waals surface area contributed by atoms with Gasteiger partial charge in [-0.1, -0.05) is 0 Å². The van der Waals surface area contributed by atoms with Crippen LogP contribution in [0, 0.1) is 6.92 Å². The Balaban J connectivity index is 1.55. The minimum Gasteiger partial charge on any atom is -0.395 e. The van der Waals surface area contributed by atoms with Crippen LogP contribution in [0.1, 0.15) is 5.56 Å². The third kappa shape index (κ3) is 5.75. The van der Waals surface area contributed by atoms with E-state index in [1.807, 2.05) is 19.1 Å². The number of allylic oxidation sites excluding steroid dienone is 2. The van der Waals surface area contributed by atoms with Gasteiger partial charge in [0.25, 0.3) is 0 Å². The summed E-state index contributed by atoms with van der Waals surface area (Å²) < 4.78 is 39.1. The normalized spacial score (nSPS) is 21.1. The summed E-state index contributed by atoms with van der Waals surface area (Å²) >= 11 is 0. The van der Waals surface area contributed by atoms with E-state index in [0.29, 0.717) is 5.69 Å². The molecule has 3 N–H and O–H groups in total. The van der Waals surface area contributed by atoms with E-state index in [1.54, 1.807) is 6.07 Å². The molecule has 0 radical (unpaired) electrons. The molecule has 166 valence electrons. The van der Waals surface area contributed by atoms with E-state index < -0.39 is 18.0 Å². The van der Waals surface area contributed by atoms with Gasteiger partial charge in [0, 0.05) is 63.4 Å². The van der Waals surface area contributed by atoms with E-state index in [-0.39, 0.29) is 6.61 Å². The van der Waals surface area contributed by atoms with E-state index in [1.165, 1.54) is 4.90 Å². The predicted molar refractivity (Wildman–Crippen MR) is 111 cm³/mol. The average molecular weight is 426 g/mol. The van der Waals surface area contributed by atoms with Gasteiger partial charge in [-0.2, -0.15) is 13.2 Å². The van der Waals surface area contributed by atoms with Gasteiger partial charge >= 0.3 is 6.18 Å². The van der Waals surface area contributed by atoms with Crippen LogP contribution in [0.5, 0.6) is 0 Å². The molecule has 1 atom stereocenters. The zero-order valence-corrected chi connectivity index (χ0v) is 17.1. The van der Waals surface area contributed by atoms with Gasteiger partial charge in [0.1, 0.15) is 6.23 Å². The van der Waals surface area contributed by atoms with Crippen molar-refractivity contribution in [2.24, 2.45) is 0 Å². The molecule has 30 heavy (non-hydrogen) atoms. The fourth-order valence-corrected chi connectivity index (χ4v) is 3.72. The van der Waals surface area contributed by atoms with Gasteiger partial charge in [-0.05, 0) is 42.8 Å². The molecular weight excluding hydrogens is 397 g/mol. The number of hydrogen-bond donors (Lipinski definition) is 3. The third-order valence-corrected chi connectivity index (χ3v) is 5.45. The SMILES string of the molecule is Cc1cc(NCCN2CCN(CCO)CC2)ccc1N1C=C(C(F)(F)F)C=CC1O. The molecule has 1 unspecified atom stereocenters. The van der Waals surface area contributed by atoms with Gasteiger partial charge < -0.3 is 20.4 Å². The number of rotatable bonds is 7. The van der Waals surface area contributed by atoms with Crippen LogP contribution >= 0.6 is 0 Å². The van der Waals surface area contributed by atoms with Crippen molar-refractivity contribution in [3.8, 4) is 0 Å². The van der Waals surface area contributed by atoms with Crippen molar-refractivity contribution >= 4 is 11.4 Å². The number of aryl methyl sites for hydroxylation is 1. The minimum absolute atomic E-state index is 0.189. The van der Waals surface area contributed by atoms with Gasteiger partial charge in [0.05, 0.1) is 12.2 Å². The number of hydrogen-bond acceptors (Lipinski definition) is 6. The van der Waals surface area contributed by atoms with Crippen molar-refractivity contribution in [1.29, 1.82) is 0 Å². The smallest absolute Gasteiger partial charge is 0.395 e. The summed E-state index contributed by atoms with van der Waals surface area (Å²) in [6.45, 7) is 8.21. The van der Waals surface area contributed by atoms with Crippen molar-refractivity contribution in [2.45, 2.75) is 19.3 Å². The summed E-state index contributed by atoms with van der Waals surface area (Å²) in [5, 5.41) is 22.5. The molecule has 0 spiro atoms. The van der Waals surface area contributed by atoms with Crippen molar-refractivity contribution < 1.29 is 23.4 Å².